The molecule has 80 valence electrons. The number of hydrogen-bond acceptors (Lipinski definition) is 2. The van der Waals surface area contributed by atoms with Gasteiger partial charge in [0.1, 0.15) is 5.75 Å². The minimum absolute atomic E-state index is 0.148. The van der Waals surface area contributed by atoms with E-state index < -0.39 is 0 Å². The molecule has 0 saturated carbocycles. The molecule has 0 spiro atoms. The van der Waals surface area contributed by atoms with E-state index in [1.54, 1.807) is 7.11 Å². The van der Waals surface area contributed by atoms with Crippen LogP contribution in [0, 0.1) is 0 Å². The average Bonchev–Trinajstić information content (AvgIpc) is 2.27. The van der Waals surface area contributed by atoms with Crippen LogP contribution in [0.25, 0.3) is 0 Å². The Morgan fingerprint density at radius 3 is 3.00 bits per heavy atom. The highest BCUT2D eigenvalue weighted by atomic mass is 35.5. The number of benzene rings is 1. The predicted octanol–water partition coefficient (Wildman–Crippen LogP) is 2.88. The van der Waals surface area contributed by atoms with Gasteiger partial charge in [0.15, 0.2) is 0 Å². The Kier molecular flexibility index (Phi) is 2.96. The number of hydrogen-bond donors (Lipinski definition) is 0. The van der Waals surface area contributed by atoms with Gasteiger partial charge in [-0.05, 0) is 48.1 Å². The zero-order valence-electron chi connectivity index (χ0n) is 8.63. The first kappa shape index (κ1) is 10.5. The van der Waals surface area contributed by atoms with E-state index >= 15 is 0 Å². The van der Waals surface area contributed by atoms with Crippen molar-refractivity contribution in [3.05, 3.63) is 29.3 Å². The van der Waals surface area contributed by atoms with Crippen LogP contribution in [0.1, 0.15) is 29.9 Å². The third kappa shape index (κ3) is 1.86. The van der Waals surface area contributed by atoms with E-state index in [1.807, 2.05) is 18.2 Å². The Balaban J connectivity index is 2.48. The summed E-state index contributed by atoms with van der Waals surface area (Å²) < 4.78 is 5.29. The average molecular weight is 225 g/mol. The van der Waals surface area contributed by atoms with E-state index in [9.17, 15) is 4.79 Å². The molecule has 0 heterocycles. The molecule has 2 rings (SSSR count). The molecule has 1 aromatic carbocycles. The lowest BCUT2D eigenvalue weighted by Gasteiger charge is -2.24. The molecule has 1 unspecified atom stereocenters. The second-order valence-electron chi connectivity index (χ2n) is 3.78. The Hall–Kier alpha value is -1.02. The maximum atomic E-state index is 11.3. The Labute approximate surface area is 94.2 Å². The standard InChI is InChI=1S/C12H13ClO2/c1-15-11-7-3-4-8-9(11)5-2-6-10(8)12(13)14/h3-4,7,10H,2,5-6H2,1H3. The SMILES string of the molecule is COc1cccc2c1CCCC2C(=O)Cl. The van der Waals surface area contributed by atoms with Crippen LogP contribution in [0.15, 0.2) is 18.2 Å². The Morgan fingerprint density at radius 2 is 2.33 bits per heavy atom. The largest absolute Gasteiger partial charge is 0.496 e. The van der Waals surface area contributed by atoms with Gasteiger partial charge in [0, 0.05) is 0 Å². The summed E-state index contributed by atoms with van der Waals surface area (Å²) >= 11 is 5.60. The van der Waals surface area contributed by atoms with Crippen molar-refractivity contribution in [2.75, 3.05) is 7.11 Å². The van der Waals surface area contributed by atoms with Gasteiger partial charge < -0.3 is 4.74 Å². The van der Waals surface area contributed by atoms with Gasteiger partial charge in [-0.1, -0.05) is 12.1 Å². The van der Waals surface area contributed by atoms with Crippen LogP contribution in [0.3, 0.4) is 0 Å². The second kappa shape index (κ2) is 4.23. The Bertz CT molecular complexity index is 387. The third-order valence-electron chi connectivity index (χ3n) is 2.96. The molecule has 1 aliphatic carbocycles. The maximum absolute atomic E-state index is 11.3. The number of methoxy groups -OCH3 is 1. The maximum Gasteiger partial charge on any atom is 0.229 e. The fraction of sp³-hybridized carbons (Fsp3) is 0.417. The monoisotopic (exact) mass is 224 g/mol. The van der Waals surface area contributed by atoms with Crippen molar-refractivity contribution in [3.8, 4) is 5.75 Å². The summed E-state index contributed by atoms with van der Waals surface area (Å²) in [6.45, 7) is 0. The smallest absolute Gasteiger partial charge is 0.229 e. The van der Waals surface area contributed by atoms with Gasteiger partial charge in [-0.25, -0.2) is 0 Å². The van der Waals surface area contributed by atoms with Crippen molar-refractivity contribution >= 4 is 16.8 Å². The highest BCUT2D eigenvalue weighted by Crippen LogP contribution is 2.37. The van der Waals surface area contributed by atoms with Gasteiger partial charge in [-0.15, -0.1) is 0 Å². The molecule has 1 aliphatic rings. The fourth-order valence-corrected chi connectivity index (χ4v) is 2.47. The van der Waals surface area contributed by atoms with E-state index in [0.29, 0.717) is 0 Å². The number of halogens is 1. The van der Waals surface area contributed by atoms with E-state index in [1.165, 1.54) is 0 Å². The van der Waals surface area contributed by atoms with Crippen LogP contribution in [-0.4, -0.2) is 12.4 Å². The zero-order chi connectivity index (χ0) is 10.8. The molecule has 1 atom stereocenters. The van der Waals surface area contributed by atoms with E-state index in [-0.39, 0.29) is 11.2 Å². The first-order chi connectivity index (χ1) is 7.24. The van der Waals surface area contributed by atoms with Gasteiger partial charge in [-0.3, -0.25) is 4.79 Å². The molecule has 15 heavy (non-hydrogen) atoms. The minimum atomic E-state index is -0.260. The molecule has 0 aromatic heterocycles. The number of carbonyl (C=O) groups is 1. The molecule has 0 saturated heterocycles. The summed E-state index contributed by atoms with van der Waals surface area (Å²) in [5.41, 5.74) is 2.19. The molecular weight excluding hydrogens is 212 g/mol. The lowest BCUT2D eigenvalue weighted by molar-refractivity contribution is -0.113. The highest BCUT2D eigenvalue weighted by Gasteiger charge is 2.26. The summed E-state index contributed by atoms with van der Waals surface area (Å²) in [6, 6.07) is 5.82. The van der Waals surface area contributed by atoms with Crippen molar-refractivity contribution in [1.82, 2.24) is 0 Å². The van der Waals surface area contributed by atoms with Crippen LogP contribution >= 0.6 is 11.6 Å². The molecule has 0 radical (unpaired) electrons. The van der Waals surface area contributed by atoms with E-state index in [2.05, 4.69) is 0 Å². The van der Waals surface area contributed by atoms with E-state index in [0.717, 1.165) is 36.1 Å². The van der Waals surface area contributed by atoms with Crippen molar-refractivity contribution in [3.63, 3.8) is 0 Å². The normalized spacial score (nSPS) is 19.5. The number of fused-ring (bicyclic) bond motifs is 1. The number of ether oxygens (including phenoxy) is 1. The van der Waals surface area contributed by atoms with Crippen molar-refractivity contribution < 1.29 is 9.53 Å². The first-order valence-electron chi connectivity index (χ1n) is 5.09. The number of rotatable bonds is 2. The van der Waals surface area contributed by atoms with Gasteiger partial charge in [0.25, 0.3) is 0 Å². The Morgan fingerprint density at radius 1 is 1.53 bits per heavy atom. The van der Waals surface area contributed by atoms with Crippen LogP contribution in [0.5, 0.6) is 5.75 Å². The third-order valence-corrected chi connectivity index (χ3v) is 3.22. The molecule has 0 aliphatic heterocycles. The van der Waals surface area contributed by atoms with E-state index in [4.69, 9.17) is 16.3 Å². The lowest BCUT2D eigenvalue weighted by atomic mass is 9.83. The van der Waals surface area contributed by atoms with Gasteiger partial charge in [0.2, 0.25) is 5.24 Å². The summed E-state index contributed by atoms with van der Waals surface area (Å²) in [5.74, 6) is 0.723. The first-order valence-corrected chi connectivity index (χ1v) is 5.47. The molecule has 3 heteroatoms. The van der Waals surface area contributed by atoms with Crippen LogP contribution in [-0.2, 0) is 11.2 Å². The highest BCUT2D eigenvalue weighted by molar-refractivity contribution is 6.64. The topological polar surface area (TPSA) is 26.3 Å². The molecule has 1 aromatic rings. The molecule has 2 nitrogen and oxygen atoms in total. The summed E-state index contributed by atoms with van der Waals surface area (Å²) in [4.78, 5) is 11.3. The van der Waals surface area contributed by atoms with Crippen molar-refractivity contribution in [2.24, 2.45) is 0 Å². The van der Waals surface area contributed by atoms with Crippen LogP contribution in [0.4, 0.5) is 0 Å². The van der Waals surface area contributed by atoms with Crippen molar-refractivity contribution in [1.29, 1.82) is 0 Å². The minimum Gasteiger partial charge on any atom is -0.496 e. The van der Waals surface area contributed by atoms with Crippen LogP contribution < -0.4 is 4.74 Å². The van der Waals surface area contributed by atoms with Crippen molar-refractivity contribution in [2.45, 2.75) is 25.2 Å². The molecular formula is C12H13ClO2. The zero-order valence-corrected chi connectivity index (χ0v) is 9.38. The summed E-state index contributed by atoms with van der Waals surface area (Å²) in [6.07, 6.45) is 2.82. The fourth-order valence-electron chi connectivity index (χ4n) is 2.24. The lowest BCUT2D eigenvalue weighted by Crippen LogP contribution is -2.15. The quantitative estimate of drug-likeness (QED) is 0.722. The second-order valence-corrected chi connectivity index (χ2v) is 4.15. The predicted molar refractivity (Wildman–Crippen MR) is 59.5 cm³/mol. The van der Waals surface area contributed by atoms with Gasteiger partial charge in [0.05, 0.1) is 13.0 Å². The summed E-state index contributed by atoms with van der Waals surface area (Å²) in [7, 11) is 1.65. The molecule has 0 bridgehead atoms. The molecule has 0 amide bonds. The van der Waals surface area contributed by atoms with Crippen LogP contribution in [0.2, 0.25) is 0 Å². The molecule has 0 fully saturated rings. The summed E-state index contributed by atoms with van der Waals surface area (Å²) in [5, 5.41) is -0.260. The molecule has 0 N–H and O–H groups in total. The number of carbonyl (C=O) groups excluding carboxylic acids is 1. The van der Waals surface area contributed by atoms with Gasteiger partial charge >= 0.3 is 0 Å². The van der Waals surface area contributed by atoms with Gasteiger partial charge in [-0.2, -0.15) is 0 Å².